The van der Waals surface area contributed by atoms with E-state index in [9.17, 15) is 51.1 Å². The average molecular weight is 1050 g/mol. The number of aliphatic imine (C=N–C) groups is 1. The van der Waals surface area contributed by atoms with E-state index in [2.05, 4.69) is 45.4 Å². The van der Waals surface area contributed by atoms with Gasteiger partial charge in [0.25, 0.3) is 17.8 Å². The molecule has 0 saturated heterocycles. The van der Waals surface area contributed by atoms with Gasteiger partial charge in [-0.2, -0.15) is 0 Å². The van der Waals surface area contributed by atoms with Crippen LogP contribution in [0.15, 0.2) is 71.0 Å². The van der Waals surface area contributed by atoms with E-state index in [4.69, 9.17) is 32.0 Å². The fourth-order valence-electron chi connectivity index (χ4n) is 6.87. The molecule has 1 unspecified atom stereocenters. The zero-order valence-electron chi connectivity index (χ0n) is 38.7. The van der Waals surface area contributed by atoms with Crippen molar-refractivity contribution in [1.82, 2.24) is 34.8 Å². The molecule has 4 aromatic heterocycles. The number of aromatic amines is 2. The predicted octanol–water partition coefficient (Wildman–Crippen LogP) is 6.93. The lowest BCUT2D eigenvalue weighted by Crippen LogP contribution is -2.40. The molecule has 0 fully saturated rings. The van der Waals surface area contributed by atoms with Gasteiger partial charge in [0.2, 0.25) is 5.78 Å². The van der Waals surface area contributed by atoms with Crippen molar-refractivity contribution in [2.24, 2.45) is 10.7 Å². The van der Waals surface area contributed by atoms with Crippen LogP contribution in [0, 0.1) is 27.7 Å². The Morgan fingerprint density at radius 3 is 1.86 bits per heavy atom. The van der Waals surface area contributed by atoms with Gasteiger partial charge in [-0.05, 0) is 58.9 Å². The van der Waals surface area contributed by atoms with E-state index < -0.39 is 72.4 Å². The summed E-state index contributed by atoms with van der Waals surface area (Å²) in [7, 11) is 0. The quantitative estimate of drug-likeness (QED) is 0.0296. The lowest BCUT2D eigenvalue weighted by molar-refractivity contribution is -0.153. The van der Waals surface area contributed by atoms with Gasteiger partial charge in [-0.25, -0.2) is 51.9 Å². The first-order valence-electron chi connectivity index (χ1n) is 20.8. The standard InChI is InChI=1S/C22H18ClF2N5O3.C13H11NO6.C7H7ClN2O.C3H7F2N.ClH/c1-9-15(23)10(2)28-19(27-9)17-14-12(20(31)30(17)8-22(3,24)25)7-26-16(14)11-5-4-6-13-18(11)33-21(32)29-13;1-2-19-12(17)10(16)6-9(15)7-4-3-5-8-11(7)20-13(18)14-8;1-4-7(8)5(2)10-6(3-11)9-4;1-3(4,5)2-6;/h4-6,17H,7-8H2,1-3H3,(H,29,32);3-5H,2,6H2,1H3,(H,14,18);3H,1-2H3;2,6H2,1H3;1H. The number of hydrogen-bond acceptors (Lipinski definition) is 16. The number of para-hydroxylation sites is 2. The monoisotopic (exact) mass is 1050 g/mol. The number of ketones is 2. The van der Waals surface area contributed by atoms with Crippen molar-refractivity contribution in [3.63, 3.8) is 0 Å². The maximum Gasteiger partial charge on any atom is 0.417 e. The number of aromatic nitrogens is 6. The van der Waals surface area contributed by atoms with Crippen molar-refractivity contribution in [3.8, 4) is 0 Å². The van der Waals surface area contributed by atoms with Crippen LogP contribution in [0.3, 0.4) is 0 Å². The minimum atomic E-state index is -3.14. The Morgan fingerprint density at radius 1 is 0.845 bits per heavy atom. The minimum Gasteiger partial charge on any atom is -0.460 e. The van der Waals surface area contributed by atoms with Crippen LogP contribution in [0.25, 0.3) is 22.2 Å². The smallest absolute Gasteiger partial charge is 0.417 e. The van der Waals surface area contributed by atoms with Crippen molar-refractivity contribution < 1.29 is 55.1 Å². The highest BCUT2D eigenvalue weighted by atomic mass is 35.5. The van der Waals surface area contributed by atoms with Crippen LogP contribution < -0.4 is 17.2 Å². The summed E-state index contributed by atoms with van der Waals surface area (Å²) >= 11 is 12.0. The van der Waals surface area contributed by atoms with Crippen LogP contribution in [-0.2, 0) is 19.1 Å². The number of aldehydes is 1. The number of nitrogens with two attached hydrogens (primary N) is 1. The Balaban J connectivity index is 0.000000244. The van der Waals surface area contributed by atoms with Gasteiger partial charge in [-0.3, -0.25) is 34.1 Å². The van der Waals surface area contributed by atoms with Crippen molar-refractivity contribution >= 4 is 93.2 Å². The molecule has 378 valence electrons. The number of nitrogens with zero attached hydrogens (tertiary/aromatic N) is 6. The Labute approximate surface area is 415 Å². The molecule has 4 N–H and O–H groups in total. The van der Waals surface area contributed by atoms with Gasteiger partial charge >= 0.3 is 17.5 Å². The summed E-state index contributed by atoms with van der Waals surface area (Å²) in [6.07, 6.45) is -0.0246. The highest BCUT2D eigenvalue weighted by Crippen LogP contribution is 2.44. The molecule has 0 bridgehead atoms. The molecule has 0 saturated carbocycles. The van der Waals surface area contributed by atoms with Gasteiger partial charge in [-0.1, -0.05) is 35.3 Å². The van der Waals surface area contributed by atoms with Crippen LogP contribution in [-0.4, -0.2) is 108 Å². The van der Waals surface area contributed by atoms with Crippen molar-refractivity contribution in [3.05, 3.63) is 124 Å². The van der Waals surface area contributed by atoms with Crippen LogP contribution in [0.1, 0.15) is 88.4 Å². The number of alkyl halides is 4. The largest absolute Gasteiger partial charge is 0.460 e. The third-order valence-corrected chi connectivity index (χ3v) is 11.0. The molecular formula is C45H44Cl3F4N9O10. The molecule has 0 radical (unpaired) electrons. The average Bonchev–Trinajstić information content (AvgIpc) is 4.06. The fraction of sp³-hybridized carbons (Fsp3) is 0.333. The topological polar surface area (TPSA) is 280 Å². The Morgan fingerprint density at radius 2 is 1.35 bits per heavy atom. The number of carbonyl (C=O) groups is 5. The molecule has 2 aliphatic heterocycles. The summed E-state index contributed by atoms with van der Waals surface area (Å²) in [5, 5.41) is 0.888. The Bertz CT molecular complexity index is 3170. The summed E-state index contributed by atoms with van der Waals surface area (Å²) in [5.74, 6) is -9.95. The molecule has 1 amide bonds. The molecule has 26 heteroatoms. The lowest BCUT2D eigenvalue weighted by Gasteiger charge is -2.29. The number of H-pyrrole nitrogens is 2. The third kappa shape index (κ3) is 13.7. The van der Waals surface area contributed by atoms with Crippen LogP contribution in [0.2, 0.25) is 10.0 Å². The SMILES string of the molecule is CC(F)(F)CN.CCOC(=O)C(=O)CC(=O)c1cccc2[nH]c(=O)oc12.Cc1nc(C2C3=C(CN=C3c3cccc4[nH]c(=O)oc34)C(=O)N2CC(C)(F)F)nc(C)c1Cl.Cc1nc(C=O)nc(C)c1Cl.Cl. The summed E-state index contributed by atoms with van der Waals surface area (Å²) in [4.78, 5) is 108. The van der Waals surface area contributed by atoms with Gasteiger partial charge < -0.3 is 24.2 Å². The van der Waals surface area contributed by atoms with E-state index in [0.717, 1.165) is 18.7 Å². The molecule has 0 aliphatic carbocycles. The van der Waals surface area contributed by atoms with Gasteiger partial charge in [-0.15, -0.1) is 12.4 Å². The molecule has 19 nitrogen and oxygen atoms in total. The number of carbonyl (C=O) groups excluding carboxylic acids is 5. The summed E-state index contributed by atoms with van der Waals surface area (Å²) in [6.45, 7) is 8.64. The molecule has 2 aliphatic rings. The van der Waals surface area contributed by atoms with Gasteiger partial charge in [0, 0.05) is 30.6 Å². The van der Waals surface area contributed by atoms with E-state index in [-0.39, 0.29) is 53.9 Å². The second-order valence-electron chi connectivity index (χ2n) is 15.6. The maximum absolute atomic E-state index is 14.1. The number of aryl methyl sites for hydroxylation is 4. The molecular weight excluding hydrogens is 1010 g/mol. The number of rotatable bonds is 11. The number of oxazole rings is 2. The molecule has 8 rings (SSSR count). The van der Waals surface area contributed by atoms with E-state index in [1.54, 1.807) is 58.9 Å². The Hall–Kier alpha value is -6.95. The van der Waals surface area contributed by atoms with Crippen molar-refractivity contribution in [2.75, 3.05) is 26.2 Å². The second-order valence-corrected chi connectivity index (χ2v) is 16.4. The van der Waals surface area contributed by atoms with Gasteiger partial charge in [0.1, 0.15) is 6.04 Å². The zero-order chi connectivity index (χ0) is 52.0. The van der Waals surface area contributed by atoms with Gasteiger partial charge in [0.05, 0.1) is 87.8 Å². The lowest BCUT2D eigenvalue weighted by atomic mass is 9.95. The number of ether oxygens (including phenoxy) is 1. The summed E-state index contributed by atoms with van der Waals surface area (Å²) in [5.41, 5.74) is 9.58. The molecule has 6 heterocycles. The minimum absolute atomic E-state index is 0. The van der Waals surface area contributed by atoms with Crippen LogP contribution in [0.5, 0.6) is 0 Å². The molecule has 71 heavy (non-hydrogen) atoms. The van der Waals surface area contributed by atoms with Crippen molar-refractivity contribution in [2.45, 2.75) is 72.8 Å². The first-order valence-corrected chi connectivity index (χ1v) is 21.5. The number of Topliss-reactive ketones (excluding diaryl/α,β-unsaturated/α-hetero) is 2. The fourth-order valence-corrected chi connectivity index (χ4v) is 7.04. The molecule has 2 aromatic carbocycles. The van der Waals surface area contributed by atoms with E-state index >= 15 is 0 Å². The normalized spacial score (nSPS) is 14.1. The van der Waals surface area contributed by atoms with Crippen molar-refractivity contribution in [1.29, 1.82) is 0 Å². The summed E-state index contributed by atoms with van der Waals surface area (Å²) < 4.78 is 65.5. The number of esters is 1. The van der Waals surface area contributed by atoms with E-state index in [0.29, 0.717) is 72.6 Å². The highest BCUT2D eigenvalue weighted by molar-refractivity contribution is 6.38. The maximum atomic E-state index is 14.1. The second kappa shape index (κ2) is 23.3. The molecule has 1 atom stereocenters. The number of hydrogen-bond donors (Lipinski definition) is 3. The predicted molar refractivity (Wildman–Crippen MR) is 253 cm³/mol. The number of fused-ring (bicyclic) bond motifs is 2. The first-order chi connectivity index (χ1) is 32.8. The molecule has 6 aromatic rings. The number of benzene rings is 2. The van der Waals surface area contributed by atoms with Crippen LogP contribution >= 0.6 is 35.6 Å². The van der Waals surface area contributed by atoms with E-state index in [1.807, 2.05) is 0 Å². The van der Waals surface area contributed by atoms with Crippen LogP contribution in [0.4, 0.5) is 17.6 Å². The number of halogens is 7. The number of nitrogens with one attached hydrogen (secondary N) is 2. The first kappa shape index (κ1) is 56.6. The zero-order valence-corrected chi connectivity index (χ0v) is 41.0. The third-order valence-electron chi connectivity index (χ3n) is 9.91. The molecule has 0 spiro atoms. The van der Waals surface area contributed by atoms with Gasteiger partial charge in [0.15, 0.2) is 34.9 Å². The Kier molecular flexibility index (Phi) is 18.6. The van der Waals surface area contributed by atoms with E-state index in [1.165, 1.54) is 12.1 Å². The number of amides is 1. The summed E-state index contributed by atoms with van der Waals surface area (Å²) in [6, 6.07) is 8.60. The highest BCUT2D eigenvalue weighted by Gasteiger charge is 2.48.